The number of fused-ring (bicyclic) bond motifs is 4. The maximum Gasteiger partial charge on any atom is 0.161 e. The van der Waals surface area contributed by atoms with Gasteiger partial charge in [0.15, 0.2) is 46.0 Å². The number of hydrogen-bond donors (Lipinski definition) is 2. The summed E-state index contributed by atoms with van der Waals surface area (Å²) in [5.41, 5.74) is 3.43. The van der Waals surface area contributed by atoms with Gasteiger partial charge < -0.3 is 86.4 Å². The van der Waals surface area contributed by atoms with Crippen LogP contribution in [-0.2, 0) is 63.9 Å². The van der Waals surface area contributed by atoms with Gasteiger partial charge >= 0.3 is 0 Å². The van der Waals surface area contributed by atoms with E-state index in [0.717, 1.165) is 56.0 Å². The summed E-state index contributed by atoms with van der Waals surface area (Å²) >= 11 is 0. The van der Waals surface area contributed by atoms with Crippen LogP contribution in [0.5, 0.6) is 46.0 Å². The summed E-state index contributed by atoms with van der Waals surface area (Å²) in [7, 11) is 0. The van der Waals surface area contributed by atoms with Gasteiger partial charge in [0.25, 0.3) is 0 Å². The van der Waals surface area contributed by atoms with Crippen molar-refractivity contribution in [3.63, 3.8) is 0 Å². The highest BCUT2D eigenvalue weighted by Crippen LogP contribution is 2.31. The molecule has 21 heteroatoms. The second kappa shape index (κ2) is 53.1. The normalized spacial score (nSPS) is 16.4. The van der Waals surface area contributed by atoms with Gasteiger partial charge in [0.05, 0.1) is 111 Å². The van der Waals surface area contributed by atoms with Gasteiger partial charge in [-0.05, 0) is 105 Å². The van der Waals surface area contributed by atoms with Crippen molar-refractivity contribution in [3.8, 4) is 46.0 Å². The van der Waals surface area contributed by atoms with Crippen LogP contribution in [0.15, 0.2) is 91.1 Å². The molecule has 21 nitrogen and oxygen atoms in total. The van der Waals surface area contributed by atoms with Crippen LogP contribution in [0.3, 0.4) is 0 Å². The number of ether oxygens (including phenoxy) is 16. The van der Waals surface area contributed by atoms with Gasteiger partial charge in [0, 0.05) is 25.8 Å². The Kier molecular flexibility index (Phi) is 42.8. The summed E-state index contributed by atoms with van der Waals surface area (Å²) < 4.78 is 96.1. The second-order valence-electron chi connectivity index (χ2n) is 23.9. The molecule has 3 heterocycles. The zero-order chi connectivity index (χ0) is 66.3. The molecule has 2 aliphatic heterocycles. The summed E-state index contributed by atoms with van der Waals surface area (Å²) in [5, 5.41) is 16.2. The molecular formula is C75H115N5O16. The zero-order valence-corrected chi connectivity index (χ0v) is 57.7. The molecule has 0 radical (unpaired) electrons. The largest absolute Gasteiger partial charge is 0.487 e. The predicted octanol–water partition coefficient (Wildman–Crippen LogP) is 12.4. The van der Waals surface area contributed by atoms with Crippen LogP contribution in [0, 0.1) is 0 Å². The minimum atomic E-state index is 0.396. The van der Waals surface area contributed by atoms with E-state index in [4.69, 9.17) is 75.8 Å². The number of nitrogens with zero attached hydrogens (tertiary/aromatic N) is 3. The fourth-order valence-corrected chi connectivity index (χ4v) is 10.9. The summed E-state index contributed by atoms with van der Waals surface area (Å²) in [6, 6.07) is 27.5. The fraction of sp³-hybridized carbons (Fsp3) is 0.653. The highest BCUT2D eigenvalue weighted by atomic mass is 16.6. The van der Waals surface area contributed by atoms with Crippen molar-refractivity contribution in [2.24, 2.45) is 0 Å². The van der Waals surface area contributed by atoms with Crippen molar-refractivity contribution >= 4 is 0 Å². The van der Waals surface area contributed by atoms with Crippen molar-refractivity contribution < 1.29 is 75.8 Å². The first-order valence-corrected chi connectivity index (χ1v) is 36.2. The summed E-state index contributed by atoms with van der Waals surface area (Å²) in [6.45, 7) is 14.9. The van der Waals surface area contributed by atoms with Gasteiger partial charge in [0.2, 0.25) is 0 Å². The number of unbranched alkanes of at least 4 members (excludes halogenated alkanes) is 17. The van der Waals surface area contributed by atoms with E-state index in [0.29, 0.717) is 205 Å². The maximum absolute atomic E-state index is 6.18. The molecule has 0 saturated heterocycles. The van der Waals surface area contributed by atoms with Crippen molar-refractivity contribution in [1.29, 1.82) is 0 Å². The Morgan fingerprint density at radius 3 is 0.885 bits per heavy atom. The number of nitrogens with one attached hydrogen (secondary N) is 2. The second-order valence-corrected chi connectivity index (χ2v) is 23.9. The number of aryl methyl sites for hydroxylation is 2. The highest BCUT2D eigenvalue weighted by Gasteiger charge is 2.13. The van der Waals surface area contributed by atoms with Gasteiger partial charge in [-0.25, -0.2) is 0 Å². The molecule has 536 valence electrons. The van der Waals surface area contributed by atoms with E-state index in [1.165, 1.54) is 122 Å². The van der Waals surface area contributed by atoms with Crippen LogP contribution in [0.4, 0.5) is 0 Å². The van der Waals surface area contributed by atoms with E-state index in [-0.39, 0.29) is 0 Å². The molecule has 0 amide bonds. The fourth-order valence-electron chi connectivity index (χ4n) is 10.9. The Balaban J connectivity index is 0.626. The average Bonchev–Trinajstić information content (AvgIpc) is 1.33. The third kappa shape index (κ3) is 36.0. The van der Waals surface area contributed by atoms with E-state index in [1.807, 2.05) is 60.7 Å². The molecule has 0 fully saturated rings. The molecule has 96 heavy (non-hydrogen) atoms. The SMILES string of the molecule is c1ccc2c(c1)OCCOCCOCCOc1ccc(CNCCCCCCCCCCCCn3cc(CCCCCCCCCCCNCc4ccc5c(c4)OCCOCCOCCOc4ccccc4OCCOCCOCCO5)nn3)cc1OCCOCCOCCO2. The number of rotatable bonds is 29. The molecule has 0 aliphatic carbocycles. The maximum atomic E-state index is 6.18. The molecule has 2 aliphatic rings. The summed E-state index contributed by atoms with van der Waals surface area (Å²) in [5.74, 6) is 5.49. The number of aromatic nitrogens is 3. The number of benzene rings is 4. The molecule has 0 atom stereocenters. The molecule has 0 unspecified atom stereocenters. The van der Waals surface area contributed by atoms with E-state index in [9.17, 15) is 0 Å². The van der Waals surface area contributed by atoms with Crippen LogP contribution in [0.2, 0.25) is 0 Å². The van der Waals surface area contributed by atoms with Gasteiger partial charge in [-0.3, -0.25) is 4.68 Å². The first kappa shape index (κ1) is 77.4. The zero-order valence-electron chi connectivity index (χ0n) is 57.7. The monoisotopic (exact) mass is 1340 g/mol. The van der Waals surface area contributed by atoms with Crippen molar-refractivity contribution in [2.75, 3.05) is 172 Å². The quantitative estimate of drug-likeness (QED) is 0.0427. The Labute approximate surface area is 572 Å². The molecule has 1 aromatic heterocycles. The van der Waals surface area contributed by atoms with Gasteiger partial charge in [0.1, 0.15) is 52.9 Å². The van der Waals surface area contributed by atoms with Crippen molar-refractivity contribution in [1.82, 2.24) is 25.6 Å². The first-order valence-electron chi connectivity index (χ1n) is 36.2. The van der Waals surface area contributed by atoms with Crippen LogP contribution in [0.1, 0.15) is 139 Å². The van der Waals surface area contributed by atoms with Crippen molar-refractivity contribution in [3.05, 3.63) is 108 Å². The third-order valence-corrected chi connectivity index (χ3v) is 16.1. The Morgan fingerprint density at radius 2 is 0.552 bits per heavy atom. The lowest BCUT2D eigenvalue weighted by molar-refractivity contribution is 0.0223. The van der Waals surface area contributed by atoms with E-state index < -0.39 is 0 Å². The molecule has 5 aromatic rings. The predicted molar refractivity (Wildman–Crippen MR) is 371 cm³/mol. The topological polar surface area (TPSA) is 202 Å². The van der Waals surface area contributed by atoms with E-state index in [1.54, 1.807) is 0 Å². The summed E-state index contributed by atoms with van der Waals surface area (Å²) in [6.07, 6.45) is 27.2. The molecule has 0 saturated carbocycles. The Hall–Kier alpha value is -5.98. The van der Waals surface area contributed by atoms with E-state index in [2.05, 4.69) is 56.1 Å². The van der Waals surface area contributed by atoms with Crippen LogP contribution < -0.4 is 48.5 Å². The van der Waals surface area contributed by atoms with Gasteiger partial charge in [-0.1, -0.05) is 138 Å². The average molecular weight is 1340 g/mol. The minimum Gasteiger partial charge on any atom is -0.487 e. The highest BCUT2D eigenvalue weighted by molar-refractivity contribution is 5.44. The molecule has 0 bridgehead atoms. The molecule has 2 N–H and O–H groups in total. The van der Waals surface area contributed by atoms with Gasteiger partial charge in [-0.2, -0.15) is 0 Å². The standard InChI is InChI=1S/C75H115N5O16/c1(5-9-13-21-33-76-62-65-29-31-72-74(60-65)95-58-50-87-42-40-83-46-54-91-70-27-19-17-25-68(70)89-52-44-81-36-38-85-48-56-93-72)2-7-11-15-23-35-80-64-67(78-79-80)24-16-12-8-4-3-6-10-14-22-34-77-63-66-30-32-73-75(61-66)96-59-51-88-43-41-84-47-55-92-71-28-20-18-26-69(71)90-53-45-82-37-39-86-49-57-94-73/h17-20,25-32,60-61,64,76-77H,1-16,21-24,33-59,62-63H2. The number of hydrogen-bond acceptors (Lipinski definition) is 20. The van der Waals surface area contributed by atoms with Crippen LogP contribution >= 0.6 is 0 Å². The van der Waals surface area contributed by atoms with Crippen LogP contribution in [0.25, 0.3) is 0 Å². The minimum absolute atomic E-state index is 0.396. The first-order chi connectivity index (χ1) is 47.8. The van der Waals surface area contributed by atoms with Gasteiger partial charge in [-0.15, -0.1) is 5.10 Å². The molecule has 0 spiro atoms. The van der Waals surface area contributed by atoms with E-state index >= 15 is 0 Å². The number of para-hydroxylation sites is 4. The lowest BCUT2D eigenvalue weighted by atomic mass is 10.1. The summed E-state index contributed by atoms with van der Waals surface area (Å²) in [4.78, 5) is 0. The van der Waals surface area contributed by atoms with Crippen LogP contribution in [-0.4, -0.2) is 187 Å². The van der Waals surface area contributed by atoms with Crippen molar-refractivity contribution in [2.45, 2.75) is 148 Å². The smallest absolute Gasteiger partial charge is 0.161 e. The Morgan fingerprint density at radius 1 is 0.281 bits per heavy atom. The lowest BCUT2D eigenvalue weighted by Gasteiger charge is -2.15. The third-order valence-electron chi connectivity index (χ3n) is 16.1. The molecular weight excluding hydrogens is 1230 g/mol. The lowest BCUT2D eigenvalue weighted by Crippen LogP contribution is -2.16. The molecule has 7 rings (SSSR count). The Bertz CT molecular complexity index is 2690. The molecule has 4 aromatic carbocycles.